The summed E-state index contributed by atoms with van der Waals surface area (Å²) in [5.41, 5.74) is 0. The molecule has 2 rings (SSSR count). The predicted molar refractivity (Wildman–Crippen MR) is 69.4 cm³/mol. The Labute approximate surface area is 112 Å². The number of nitrogens with one attached hydrogen (secondary N) is 2. The number of amides is 3. The SMILES string of the molecule is CN(C(=O)CNC(=O)NC1CC1)C1CCS(=O)(=O)C1. The number of hydrogen-bond acceptors (Lipinski definition) is 4. The van der Waals surface area contributed by atoms with Gasteiger partial charge in [-0.1, -0.05) is 0 Å². The Bertz CT molecular complexity index is 472. The van der Waals surface area contributed by atoms with Crippen molar-refractivity contribution < 1.29 is 18.0 Å². The van der Waals surface area contributed by atoms with Crippen LogP contribution in [-0.2, 0) is 14.6 Å². The van der Waals surface area contributed by atoms with Crippen molar-refractivity contribution in [3.05, 3.63) is 0 Å². The first-order valence-electron chi connectivity index (χ1n) is 6.38. The van der Waals surface area contributed by atoms with Crippen LogP contribution in [0.25, 0.3) is 0 Å². The average Bonchev–Trinajstić information content (AvgIpc) is 3.07. The smallest absolute Gasteiger partial charge is 0.315 e. The van der Waals surface area contributed by atoms with Gasteiger partial charge in [-0.15, -0.1) is 0 Å². The number of sulfone groups is 1. The van der Waals surface area contributed by atoms with Crippen molar-refractivity contribution in [2.24, 2.45) is 0 Å². The van der Waals surface area contributed by atoms with E-state index in [0.717, 1.165) is 12.8 Å². The summed E-state index contributed by atoms with van der Waals surface area (Å²) in [6.45, 7) is -0.106. The zero-order valence-corrected chi connectivity index (χ0v) is 11.7. The fourth-order valence-corrected chi connectivity index (χ4v) is 3.80. The third-order valence-electron chi connectivity index (χ3n) is 3.46. The number of carbonyl (C=O) groups is 2. The van der Waals surface area contributed by atoms with Crippen molar-refractivity contribution in [1.82, 2.24) is 15.5 Å². The zero-order chi connectivity index (χ0) is 14.0. The highest BCUT2D eigenvalue weighted by Gasteiger charge is 2.32. The first-order chi connectivity index (χ1) is 8.87. The molecule has 8 heteroatoms. The van der Waals surface area contributed by atoms with Crippen molar-refractivity contribution in [2.45, 2.75) is 31.3 Å². The molecule has 0 aromatic heterocycles. The highest BCUT2D eigenvalue weighted by Crippen LogP contribution is 2.18. The molecule has 1 saturated carbocycles. The molecule has 3 amide bonds. The molecule has 0 radical (unpaired) electrons. The van der Waals surface area contributed by atoms with Gasteiger partial charge in [-0.05, 0) is 19.3 Å². The molecule has 0 bridgehead atoms. The van der Waals surface area contributed by atoms with E-state index in [4.69, 9.17) is 0 Å². The van der Waals surface area contributed by atoms with Gasteiger partial charge in [0.25, 0.3) is 0 Å². The first-order valence-corrected chi connectivity index (χ1v) is 8.20. The molecular formula is C11H19N3O4S. The third kappa shape index (κ3) is 4.09. The summed E-state index contributed by atoms with van der Waals surface area (Å²) < 4.78 is 22.7. The van der Waals surface area contributed by atoms with Gasteiger partial charge in [-0.2, -0.15) is 0 Å². The van der Waals surface area contributed by atoms with Crippen molar-refractivity contribution in [1.29, 1.82) is 0 Å². The molecule has 1 heterocycles. The van der Waals surface area contributed by atoms with Crippen LogP contribution in [0.5, 0.6) is 0 Å². The number of nitrogens with zero attached hydrogens (tertiary/aromatic N) is 1. The van der Waals surface area contributed by atoms with Gasteiger partial charge in [0, 0.05) is 19.1 Å². The molecule has 1 aliphatic carbocycles. The van der Waals surface area contributed by atoms with Gasteiger partial charge in [0.2, 0.25) is 5.91 Å². The molecule has 2 N–H and O–H groups in total. The summed E-state index contributed by atoms with van der Waals surface area (Å²) in [4.78, 5) is 24.6. The first kappa shape index (κ1) is 14.1. The molecule has 7 nitrogen and oxygen atoms in total. The largest absolute Gasteiger partial charge is 0.340 e. The van der Waals surface area contributed by atoms with E-state index >= 15 is 0 Å². The highest BCUT2D eigenvalue weighted by atomic mass is 32.2. The molecular weight excluding hydrogens is 270 g/mol. The normalized spacial score (nSPS) is 24.8. The molecule has 1 saturated heterocycles. The van der Waals surface area contributed by atoms with E-state index in [-0.39, 0.29) is 42.1 Å². The van der Waals surface area contributed by atoms with Gasteiger partial charge in [0.15, 0.2) is 9.84 Å². The van der Waals surface area contributed by atoms with Crippen LogP contribution in [0.1, 0.15) is 19.3 Å². The van der Waals surface area contributed by atoms with Crippen molar-refractivity contribution in [3.8, 4) is 0 Å². The molecule has 19 heavy (non-hydrogen) atoms. The molecule has 0 aromatic rings. The average molecular weight is 289 g/mol. The summed E-state index contributed by atoms with van der Waals surface area (Å²) in [6, 6.07) is -0.373. The van der Waals surface area contributed by atoms with Crippen LogP contribution in [0.4, 0.5) is 4.79 Å². The van der Waals surface area contributed by atoms with E-state index in [1.807, 2.05) is 0 Å². The van der Waals surface area contributed by atoms with Crippen molar-refractivity contribution in [2.75, 3.05) is 25.1 Å². The van der Waals surface area contributed by atoms with Gasteiger partial charge < -0.3 is 15.5 Å². The Morgan fingerprint density at radius 2 is 1.95 bits per heavy atom. The summed E-state index contributed by atoms with van der Waals surface area (Å²) in [6.07, 6.45) is 2.45. The molecule has 0 spiro atoms. The van der Waals surface area contributed by atoms with Crippen LogP contribution in [0.2, 0.25) is 0 Å². The van der Waals surface area contributed by atoms with Crippen LogP contribution in [0, 0.1) is 0 Å². The van der Waals surface area contributed by atoms with E-state index in [0.29, 0.717) is 6.42 Å². The van der Waals surface area contributed by atoms with Gasteiger partial charge in [0.05, 0.1) is 18.1 Å². The van der Waals surface area contributed by atoms with Crippen molar-refractivity contribution >= 4 is 21.8 Å². The molecule has 2 fully saturated rings. The van der Waals surface area contributed by atoms with Gasteiger partial charge in [-0.25, -0.2) is 13.2 Å². The maximum Gasteiger partial charge on any atom is 0.315 e. The summed E-state index contributed by atoms with van der Waals surface area (Å²) in [5, 5.41) is 5.20. The molecule has 108 valence electrons. The Morgan fingerprint density at radius 3 is 2.47 bits per heavy atom. The van der Waals surface area contributed by atoms with E-state index in [1.54, 1.807) is 7.05 Å². The monoisotopic (exact) mass is 289 g/mol. The second-order valence-electron chi connectivity index (χ2n) is 5.16. The summed E-state index contributed by atoms with van der Waals surface area (Å²) in [7, 11) is -1.43. The summed E-state index contributed by atoms with van der Waals surface area (Å²) >= 11 is 0. The molecule has 0 aromatic carbocycles. The highest BCUT2D eigenvalue weighted by molar-refractivity contribution is 7.91. The number of likely N-dealkylation sites (N-methyl/N-ethyl adjacent to an activating group) is 1. The Hall–Kier alpha value is -1.31. The Morgan fingerprint density at radius 1 is 1.26 bits per heavy atom. The van der Waals surface area contributed by atoms with Crippen LogP contribution in [0.15, 0.2) is 0 Å². The van der Waals surface area contributed by atoms with Crippen LogP contribution in [-0.4, -0.2) is 62.4 Å². The minimum atomic E-state index is -3.01. The second kappa shape index (κ2) is 5.36. The lowest BCUT2D eigenvalue weighted by atomic mass is 10.2. The predicted octanol–water partition coefficient (Wildman–Crippen LogP) is -0.906. The molecule has 1 atom stereocenters. The summed E-state index contributed by atoms with van der Waals surface area (Å²) in [5.74, 6) is -0.123. The Kier molecular flexibility index (Phi) is 3.98. The minimum Gasteiger partial charge on any atom is -0.340 e. The molecule has 1 aliphatic heterocycles. The van der Waals surface area contributed by atoms with Crippen LogP contribution in [0.3, 0.4) is 0 Å². The fraction of sp³-hybridized carbons (Fsp3) is 0.818. The van der Waals surface area contributed by atoms with Gasteiger partial charge >= 0.3 is 6.03 Å². The van der Waals surface area contributed by atoms with Gasteiger partial charge in [-0.3, -0.25) is 4.79 Å². The topological polar surface area (TPSA) is 95.6 Å². The number of urea groups is 1. The maximum atomic E-state index is 11.8. The molecule has 2 aliphatic rings. The number of rotatable bonds is 4. The second-order valence-corrected chi connectivity index (χ2v) is 7.39. The van der Waals surface area contributed by atoms with E-state index in [1.165, 1.54) is 4.90 Å². The van der Waals surface area contributed by atoms with Crippen LogP contribution < -0.4 is 10.6 Å². The van der Waals surface area contributed by atoms with E-state index in [2.05, 4.69) is 10.6 Å². The lowest BCUT2D eigenvalue weighted by Gasteiger charge is -2.23. The minimum absolute atomic E-state index is 0.0174. The standard InChI is InChI=1S/C11H19N3O4S/c1-14(9-4-5-19(17,18)7-9)10(15)6-12-11(16)13-8-2-3-8/h8-9H,2-7H2,1H3,(H2,12,13,16). The van der Waals surface area contributed by atoms with Gasteiger partial charge in [0.1, 0.15) is 0 Å². The van der Waals surface area contributed by atoms with E-state index in [9.17, 15) is 18.0 Å². The quantitative estimate of drug-likeness (QED) is 0.700. The third-order valence-corrected chi connectivity index (χ3v) is 5.21. The lowest BCUT2D eigenvalue weighted by Crippen LogP contribution is -2.46. The maximum absolute atomic E-state index is 11.8. The van der Waals surface area contributed by atoms with E-state index < -0.39 is 9.84 Å². The number of hydrogen-bond donors (Lipinski definition) is 2. The van der Waals surface area contributed by atoms with Crippen molar-refractivity contribution in [3.63, 3.8) is 0 Å². The molecule has 1 unspecified atom stereocenters. The zero-order valence-electron chi connectivity index (χ0n) is 10.9. The lowest BCUT2D eigenvalue weighted by molar-refractivity contribution is -0.130. The fourth-order valence-electron chi connectivity index (χ4n) is 2.03. The number of carbonyl (C=O) groups excluding carboxylic acids is 2. The Balaban J connectivity index is 1.74. The van der Waals surface area contributed by atoms with Crippen LogP contribution >= 0.6 is 0 Å².